The first-order valence-corrected chi connectivity index (χ1v) is 7.97. The lowest BCUT2D eigenvalue weighted by Crippen LogP contribution is -2.41. The zero-order valence-electron chi connectivity index (χ0n) is 11.8. The van der Waals surface area contributed by atoms with Crippen LogP contribution in [0.25, 0.3) is 12.2 Å². The molecule has 2 aromatic carbocycles. The molecule has 2 heteroatoms. The van der Waals surface area contributed by atoms with Crippen LogP contribution in [-0.2, 0) is 0 Å². The summed E-state index contributed by atoms with van der Waals surface area (Å²) in [6.07, 6.45) is 17.4. The first-order valence-electron chi connectivity index (χ1n) is 6.69. The molecule has 0 atom stereocenters. The third kappa shape index (κ3) is 2.40. The Balaban J connectivity index is 2.23. The molecule has 0 spiro atoms. The molecule has 1 aliphatic rings. The van der Waals surface area contributed by atoms with Crippen molar-refractivity contribution in [1.82, 2.24) is 0 Å². The number of rotatable bonds is 1. The second-order valence-corrected chi connectivity index (χ2v) is 5.87. The maximum absolute atomic E-state index is 5.51. The van der Waals surface area contributed by atoms with E-state index in [9.17, 15) is 0 Å². The summed E-state index contributed by atoms with van der Waals surface area (Å²) in [5.41, 5.74) is 6.78. The fourth-order valence-corrected chi connectivity index (χ4v) is 3.63. The minimum absolute atomic E-state index is 0.295. The summed E-state index contributed by atoms with van der Waals surface area (Å²) in [5, 5.41) is 0. The molecule has 0 amide bonds. The van der Waals surface area contributed by atoms with E-state index in [4.69, 9.17) is 12.8 Å². The van der Waals surface area contributed by atoms with Crippen molar-refractivity contribution in [2.45, 2.75) is 0 Å². The summed E-state index contributed by atoms with van der Waals surface area (Å²) in [5.74, 6) is 5.70. The van der Waals surface area contributed by atoms with E-state index >= 15 is 0 Å². The highest BCUT2D eigenvalue weighted by molar-refractivity contribution is 8.27. The van der Waals surface area contributed by atoms with Gasteiger partial charge in [-0.05, 0) is 41.6 Å². The van der Waals surface area contributed by atoms with E-state index in [-0.39, 0.29) is 0 Å². The molecule has 2 aromatic rings. The van der Waals surface area contributed by atoms with E-state index in [1.807, 2.05) is 23.7 Å². The van der Waals surface area contributed by atoms with Gasteiger partial charge in [0.1, 0.15) is 0 Å². The topological polar surface area (TPSA) is 0 Å². The van der Waals surface area contributed by atoms with E-state index in [0.29, 0.717) is 5.99 Å². The molecule has 0 fully saturated rings. The maximum Gasteiger partial charge on any atom is 0.275 e. The molecule has 1 heterocycles. The number of hydrogen-bond acceptors (Lipinski definition) is 1. The zero-order chi connectivity index (χ0) is 14.8. The Morgan fingerprint density at radius 2 is 1.33 bits per heavy atom. The van der Waals surface area contributed by atoms with Gasteiger partial charge in [-0.15, -0.1) is 12.8 Å². The Morgan fingerprint density at radius 1 is 0.857 bits per heavy atom. The third-order valence-corrected chi connectivity index (χ3v) is 4.73. The maximum atomic E-state index is 5.51. The Labute approximate surface area is 130 Å². The molecule has 0 bridgehead atoms. The normalized spacial score (nSPS) is 11.9. The molecular formula is C19H13BS. The molecule has 98 valence electrons. The van der Waals surface area contributed by atoms with Crippen molar-refractivity contribution in [3.63, 3.8) is 0 Å². The van der Waals surface area contributed by atoms with Crippen LogP contribution in [-0.4, -0.2) is 12.2 Å². The van der Waals surface area contributed by atoms with Gasteiger partial charge in [0.15, 0.2) is 0 Å². The van der Waals surface area contributed by atoms with Crippen LogP contribution in [0.5, 0.6) is 0 Å². The highest BCUT2D eigenvalue weighted by atomic mass is 32.2. The van der Waals surface area contributed by atoms with Crippen molar-refractivity contribution in [3.8, 4) is 24.7 Å². The lowest BCUT2D eigenvalue weighted by molar-refractivity contribution is 1.65. The van der Waals surface area contributed by atoms with Gasteiger partial charge in [0.25, 0.3) is 5.99 Å². The molecule has 3 rings (SSSR count). The van der Waals surface area contributed by atoms with Crippen LogP contribution in [0.4, 0.5) is 0 Å². The Hall–Kier alpha value is -2.29. The number of hydrogen-bond donors (Lipinski definition) is 0. The van der Waals surface area contributed by atoms with Crippen LogP contribution in [0.15, 0.2) is 36.4 Å². The van der Waals surface area contributed by atoms with Crippen LogP contribution in [0.1, 0.15) is 22.3 Å². The van der Waals surface area contributed by atoms with Crippen molar-refractivity contribution in [3.05, 3.63) is 58.7 Å². The number of fused-ring (bicyclic) bond motifs is 2. The second kappa shape index (κ2) is 5.61. The first kappa shape index (κ1) is 13.7. The fourth-order valence-electron chi connectivity index (χ4n) is 2.70. The van der Waals surface area contributed by atoms with Gasteiger partial charge in [0.05, 0.1) is 0 Å². The fraction of sp³-hybridized carbons (Fsp3) is 0.0526. The Bertz CT molecular complexity index is 751. The van der Waals surface area contributed by atoms with E-state index in [0.717, 1.165) is 11.1 Å². The molecule has 0 aromatic heterocycles. The van der Waals surface area contributed by atoms with E-state index in [2.05, 4.69) is 54.5 Å². The largest absolute Gasteiger partial charge is 0.275 e. The van der Waals surface area contributed by atoms with Crippen molar-refractivity contribution in [2.24, 2.45) is 0 Å². The smallest absolute Gasteiger partial charge is 0.200 e. The van der Waals surface area contributed by atoms with Crippen LogP contribution >= 0.6 is 11.6 Å². The van der Waals surface area contributed by atoms with Crippen LogP contribution in [0.3, 0.4) is 0 Å². The second-order valence-electron chi connectivity index (χ2n) is 4.93. The summed E-state index contributed by atoms with van der Waals surface area (Å²) in [6, 6.07) is 12.4. The standard InChI is InChI=1S/C19H13BS/c1-4-14-6-10-18-16(12-14)8-9-17-13-15(5-2)7-11-19(17)20(18)21-3/h1-2,6-13H,3H3. The van der Waals surface area contributed by atoms with E-state index in [1.165, 1.54) is 22.1 Å². The third-order valence-electron chi connectivity index (χ3n) is 3.75. The van der Waals surface area contributed by atoms with Gasteiger partial charge < -0.3 is 0 Å². The minimum Gasteiger partial charge on any atom is -0.200 e. The van der Waals surface area contributed by atoms with Gasteiger partial charge in [-0.1, -0.05) is 47.1 Å². The van der Waals surface area contributed by atoms with Crippen molar-refractivity contribution in [2.75, 3.05) is 6.26 Å². The summed E-state index contributed by atoms with van der Waals surface area (Å²) < 4.78 is 0. The number of benzene rings is 2. The predicted octanol–water partition coefficient (Wildman–Crippen LogP) is 2.60. The van der Waals surface area contributed by atoms with Gasteiger partial charge in [0, 0.05) is 11.1 Å². The lowest BCUT2D eigenvalue weighted by Gasteiger charge is -2.15. The lowest BCUT2D eigenvalue weighted by atomic mass is 9.59. The molecule has 0 saturated carbocycles. The molecule has 0 radical (unpaired) electrons. The highest BCUT2D eigenvalue weighted by Crippen LogP contribution is 2.18. The van der Waals surface area contributed by atoms with Gasteiger partial charge in [-0.25, -0.2) is 11.6 Å². The van der Waals surface area contributed by atoms with Crippen LogP contribution in [0.2, 0.25) is 0 Å². The molecule has 0 N–H and O–H groups in total. The van der Waals surface area contributed by atoms with Crippen molar-refractivity contribution in [1.29, 1.82) is 0 Å². The molecule has 0 aliphatic carbocycles. The average Bonchev–Trinajstić information content (AvgIpc) is 2.69. The average molecular weight is 284 g/mol. The van der Waals surface area contributed by atoms with Crippen molar-refractivity contribution < 1.29 is 0 Å². The highest BCUT2D eigenvalue weighted by Gasteiger charge is 2.24. The van der Waals surface area contributed by atoms with E-state index < -0.39 is 0 Å². The minimum atomic E-state index is 0.295. The van der Waals surface area contributed by atoms with Gasteiger partial charge in [-0.2, -0.15) is 0 Å². The van der Waals surface area contributed by atoms with Crippen LogP contribution < -0.4 is 10.9 Å². The molecule has 1 aliphatic heterocycles. The molecular weight excluding hydrogens is 271 g/mol. The summed E-state index contributed by atoms with van der Waals surface area (Å²) in [4.78, 5) is 0. The van der Waals surface area contributed by atoms with Gasteiger partial charge in [0.2, 0.25) is 0 Å². The predicted molar refractivity (Wildman–Crippen MR) is 96.2 cm³/mol. The molecule has 0 saturated heterocycles. The van der Waals surface area contributed by atoms with Crippen molar-refractivity contribution >= 4 is 40.7 Å². The summed E-state index contributed by atoms with van der Waals surface area (Å²) in [7, 11) is 0. The SMILES string of the molecule is C#Cc1ccc2c(c1)C=Cc1cc(C#C)ccc1B2SC. The monoisotopic (exact) mass is 284 g/mol. The first-order chi connectivity index (χ1) is 10.3. The van der Waals surface area contributed by atoms with Gasteiger partial charge >= 0.3 is 0 Å². The summed E-state index contributed by atoms with van der Waals surface area (Å²) >= 11 is 1.83. The van der Waals surface area contributed by atoms with Gasteiger partial charge in [-0.3, -0.25) is 0 Å². The molecule has 21 heavy (non-hydrogen) atoms. The Morgan fingerprint density at radius 3 is 1.71 bits per heavy atom. The molecule has 0 nitrogen and oxygen atoms in total. The van der Waals surface area contributed by atoms with Crippen LogP contribution in [0, 0.1) is 24.7 Å². The van der Waals surface area contributed by atoms with E-state index in [1.54, 1.807) is 0 Å². The Kier molecular flexibility index (Phi) is 3.65. The summed E-state index contributed by atoms with van der Waals surface area (Å²) in [6.45, 7) is 0. The molecule has 0 unspecified atom stereocenters. The zero-order valence-corrected chi connectivity index (χ0v) is 12.6. The number of terminal acetylenes is 2. The quantitative estimate of drug-likeness (QED) is 0.573.